The SMILES string of the molecule is CC1=C(c2nc3c(o2)CCCC3)C(=O)N2NC(C(F)(F)F)C(c3ccccc3)C2N1. The highest BCUT2D eigenvalue weighted by molar-refractivity contribution is 6.19. The molecule has 158 valence electrons. The van der Waals surface area contributed by atoms with Crippen molar-refractivity contribution in [3.8, 4) is 0 Å². The van der Waals surface area contributed by atoms with Crippen LogP contribution in [0.5, 0.6) is 0 Å². The summed E-state index contributed by atoms with van der Waals surface area (Å²) in [6.45, 7) is 1.68. The van der Waals surface area contributed by atoms with Crippen molar-refractivity contribution >= 4 is 11.5 Å². The monoisotopic (exact) mass is 418 g/mol. The van der Waals surface area contributed by atoms with E-state index in [1.54, 1.807) is 37.3 Å². The van der Waals surface area contributed by atoms with Crippen molar-refractivity contribution in [1.82, 2.24) is 20.7 Å². The minimum atomic E-state index is -4.53. The smallest absolute Gasteiger partial charge is 0.406 e. The van der Waals surface area contributed by atoms with E-state index in [-0.39, 0.29) is 11.5 Å². The first-order valence-corrected chi connectivity index (χ1v) is 10.0. The van der Waals surface area contributed by atoms with Crippen LogP contribution in [0.15, 0.2) is 40.4 Å². The van der Waals surface area contributed by atoms with Crippen LogP contribution >= 0.6 is 0 Å². The number of amides is 1. The highest BCUT2D eigenvalue weighted by atomic mass is 19.4. The normalized spacial score (nSPS) is 26.5. The maximum atomic E-state index is 13.9. The van der Waals surface area contributed by atoms with Crippen LogP contribution in [0.1, 0.15) is 48.6 Å². The maximum Gasteiger partial charge on any atom is 0.406 e. The Morgan fingerprint density at radius 3 is 2.60 bits per heavy atom. The van der Waals surface area contributed by atoms with Crippen molar-refractivity contribution in [2.75, 3.05) is 0 Å². The molecule has 30 heavy (non-hydrogen) atoms. The predicted molar refractivity (Wildman–Crippen MR) is 102 cm³/mol. The number of fused-ring (bicyclic) bond motifs is 2. The molecule has 0 bridgehead atoms. The van der Waals surface area contributed by atoms with Gasteiger partial charge in [-0.2, -0.15) is 13.2 Å². The molecule has 1 fully saturated rings. The van der Waals surface area contributed by atoms with Crippen LogP contribution in [0.2, 0.25) is 0 Å². The van der Waals surface area contributed by atoms with E-state index in [1.165, 1.54) is 0 Å². The van der Waals surface area contributed by atoms with E-state index in [0.29, 0.717) is 11.3 Å². The summed E-state index contributed by atoms with van der Waals surface area (Å²) in [5.74, 6) is -0.632. The number of hydrogen-bond donors (Lipinski definition) is 2. The standard InChI is InChI=1S/C21H21F3N4O2/c1-11-15(19-26-13-9-5-6-10-14(13)30-19)20(29)28-18(25-11)16(12-7-3-2-4-8-12)17(27-28)21(22,23)24/h2-4,7-8,16-18,25,27H,5-6,9-10H2,1H3. The Labute approximate surface area is 171 Å². The number of hydrazine groups is 1. The second kappa shape index (κ2) is 6.87. The minimum absolute atomic E-state index is 0.169. The molecule has 1 saturated heterocycles. The van der Waals surface area contributed by atoms with Gasteiger partial charge in [-0.05, 0) is 31.7 Å². The number of hydrogen-bond acceptors (Lipinski definition) is 5. The van der Waals surface area contributed by atoms with Crippen LogP contribution in [0.3, 0.4) is 0 Å². The van der Waals surface area contributed by atoms with Gasteiger partial charge in [0.2, 0.25) is 5.89 Å². The summed E-state index contributed by atoms with van der Waals surface area (Å²) in [6, 6.07) is 6.54. The van der Waals surface area contributed by atoms with E-state index in [9.17, 15) is 18.0 Å². The quantitative estimate of drug-likeness (QED) is 0.784. The number of rotatable bonds is 2. The van der Waals surface area contributed by atoms with Gasteiger partial charge in [0.1, 0.15) is 23.5 Å². The fourth-order valence-corrected chi connectivity index (χ4v) is 4.61. The molecule has 0 radical (unpaired) electrons. The van der Waals surface area contributed by atoms with Gasteiger partial charge in [0.15, 0.2) is 0 Å². The van der Waals surface area contributed by atoms with Crippen LogP contribution in [0, 0.1) is 0 Å². The average molecular weight is 418 g/mol. The first kappa shape index (κ1) is 19.2. The third kappa shape index (κ3) is 2.99. The summed E-state index contributed by atoms with van der Waals surface area (Å²) in [6.07, 6.45) is -1.87. The molecule has 1 aromatic heterocycles. The van der Waals surface area contributed by atoms with Crippen LogP contribution in [0.4, 0.5) is 13.2 Å². The number of benzene rings is 1. The number of oxazole rings is 1. The van der Waals surface area contributed by atoms with Crippen molar-refractivity contribution in [2.24, 2.45) is 0 Å². The number of aryl methyl sites for hydroxylation is 2. The number of nitrogens with one attached hydrogen (secondary N) is 2. The molecule has 1 aromatic carbocycles. The van der Waals surface area contributed by atoms with Gasteiger partial charge in [-0.3, -0.25) is 4.79 Å². The Bertz CT molecular complexity index is 992. The molecule has 3 aliphatic rings. The fourth-order valence-electron chi connectivity index (χ4n) is 4.61. The van der Waals surface area contributed by atoms with Gasteiger partial charge >= 0.3 is 6.18 Å². The van der Waals surface area contributed by atoms with Gasteiger partial charge in [0.25, 0.3) is 5.91 Å². The number of halogens is 3. The zero-order chi connectivity index (χ0) is 21.0. The Kier molecular flexibility index (Phi) is 4.39. The van der Waals surface area contributed by atoms with E-state index in [1.807, 2.05) is 0 Å². The summed E-state index contributed by atoms with van der Waals surface area (Å²) < 4.78 is 47.4. The number of nitrogens with zero attached hydrogens (tertiary/aromatic N) is 2. The van der Waals surface area contributed by atoms with Crippen LogP contribution in [-0.2, 0) is 17.6 Å². The lowest BCUT2D eigenvalue weighted by atomic mass is 9.89. The zero-order valence-electron chi connectivity index (χ0n) is 16.3. The predicted octanol–water partition coefficient (Wildman–Crippen LogP) is 3.28. The highest BCUT2D eigenvalue weighted by Gasteiger charge is 2.58. The molecule has 6 nitrogen and oxygen atoms in total. The second-order valence-corrected chi connectivity index (χ2v) is 7.95. The number of alkyl halides is 3. The van der Waals surface area contributed by atoms with Crippen molar-refractivity contribution in [3.63, 3.8) is 0 Å². The summed E-state index contributed by atoms with van der Waals surface area (Å²) in [4.78, 5) is 17.8. The van der Waals surface area contributed by atoms with Crippen molar-refractivity contribution in [1.29, 1.82) is 0 Å². The fraction of sp³-hybridized carbons (Fsp3) is 0.429. The Hall–Kier alpha value is -2.81. The number of aromatic nitrogens is 1. The van der Waals surface area contributed by atoms with Crippen LogP contribution in [-0.4, -0.2) is 34.3 Å². The van der Waals surface area contributed by atoms with Crippen molar-refractivity contribution < 1.29 is 22.4 Å². The van der Waals surface area contributed by atoms with E-state index in [2.05, 4.69) is 15.7 Å². The molecule has 0 spiro atoms. The molecule has 2 aromatic rings. The molecule has 1 amide bonds. The lowest BCUT2D eigenvalue weighted by molar-refractivity contribution is -0.161. The zero-order valence-corrected chi connectivity index (χ0v) is 16.3. The molecule has 2 aliphatic heterocycles. The summed E-state index contributed by atoms with van der Waals surface area (Å²) in [7, 11) is 0. The Morgan fingerprint density at radius 2 is 1.90 bits per heavy atom. The van der Waals surface area contributed by atoms with Crippen LogP contribution < -0.4 is 10.7 Å². The molecule has 9 heteroatoms. The molecule has 3 atom stereocenters. The maximum absolute atomic E-state index is 13.9. The van der Waals surface area contributed by atoms with E-state index >= 15 is 0 Å². The van der Waals surface area contributed by atoms with Gasteiger partial charge in [-0.25, -0.2) is 15.4 Å². The third-order valence-corrected chi connectivity index (χ3v) is 6.02. The lowest BCUT2D eigenvalue weighted by Crippen LogP contribution is -2.54. The molecule has 2 N–H and O–H groups in total. The summed E-state index contributed by atoms with van der Waals surface area (Å²) >= 11 is 0. The largest absolute Gasteiger partial charge is 0.441 e. The third-order valence-electron chi connectivity index (χ3n) is 6.02. The van der Waals surface area contributed by atoms with Crippen molar-refractivity contribution in [3.05, 3.63) is 58.9 Å². The van der Waals surface area contributed by atoms with Gasteiger partial charge < -0.3 is 9.73 Å². The molecule has 5 rings (SSSR count). The molecule has 0 saturated carbocycles. The van der Waals surface area contributed by atoms with Crippen molar-refractivity contribution in [2.45, 2.75) is 56.9 Å². The molecular weight excluding hydrogens is 397 g/mol. The topological polar surface area (TPSA) is 70.4 Å². The van der Waals surface area contributed by atoms with Gasteiger partial charge in [0.05, 0.1) is 11.6 Å². The van der Waals surface area contributed by atoms with E-state index in [4.69, 9.17) is 4.42 Å². The average Bonchev–Trinajstić information content (AvgIpc) is 3.30. The minimum Gasteiger partial charge on any atom is -0.441 e. The van der Waals surface area contributed by atoms with E-state index < -0.39 is 30.2 Å². The summed E-state index contributed by atoms with van der Waals surface area (Å²) in [5, 5.41) is 4.15. The molecular formula is C21H21F3N4O2. The Morgan fingerprint density at radius 1 is 1.17 bits per heavy atom. The number of carbonyl (C=O) groups is 1. The Balaban J connectivity index is 1.54. The number of carbonyl (C=O) groups excluding carboxylic acids is 1. The lowest BCUT2D eigenvalue weighted by Gasteiger charge is -2.34. The van der Waals surface area contributed by atoms with Gasteiger partial charge in [-0.1, -0.05) is 30.3 Å². The highest BCUT2D eigenvalue weighted by Crippen LogP contribution is 2.42. The number of allylic oxidation sites excluding steroid dienone is 1. The van der Waals surface area contributed by atoms with Gasteiger partial charge in [-0.15, -0.1) is 0 Å². The molecule has 3 unspecified atom stereocenters. The first-order valence-electron chi connectivity index (χ1n) is 10.0. The molecule has 1 aliphatic carbocycles. The van der Waals surface area contributed by atoms with Gasteiger partial charge in [0, 0.05) is 12.1 Å². The molecule has 3 heterocycles. The second-order valence-electron chi connectivity index (χ2n) is 7.95. The van der Waals surface area contributed by atoms with Crippen LogP contribution in [0.25, 0.3) is 5.57 Å². The van der Waals surface area contributed by atoms with E-state index in [0.717, 1.165) is 42.1 Å². The summed E-state index contributed by atoms with van der Waals surface area (Å²) in [5.41, 5.74) is 4.37. The first-order chi connectivity index (χ1) is 14.3.